The van der Waals surface area contributed by atoms with Gasteiger partial charge in [0.05, 0.1) is 7.11 Å². The number of carbonyl (C=O) groups is 1. The Morgan fingerprint density at radius 2 is 2.00 bits per heavy atom. The van der Waals surface area contributed by atoms with E-state index in [1.165, 1.54) is 12.7 Å². The van der Waals surface area contributed by atoms with Gasteiger partial charge in [-0.3, -0.25) is 0 Å². The van der Waals surface area contributed by atoms with E-state index in [0.29, 0.717) is 18.1 Å². The van der Waals surface area contributed by atoms with Gasteiger partial charge in [0.15, 0.2) is 0 Å². The first-order valence-corrected chi connectivity index (χ1v) is 6.79. The highest BCUT2D eigenvalue weighted by Gasteiger charge is 2.10. The molecule has 0 saturated carbocycles. The van der Waals surface area contributed by atoms with Crippen LogP contribution in [0.25, 0.3) is 0 Å². The zero-order valence-corrected chi connectivity index (χ0v) is 12.2. The second-order valence-electron chi connectivity index (χ2n) is 4.71. The average Bonchev–Trinajstić information content (AvgIpc) is 2.54. The number of urea groups is 1. The zero-order valence-electron chi connectivity index (χ0n) is 12.2. The van der Waals surface area contributed by atoms with Gasteiger partial charge in [-0.25, -0.2) is 9.78 Å². The van der Waals surface area contributed by atoms with E-state index in [2.05, 4.69) is 22.5 Å². The number of amides is 2. The minimum absolute atomic E-state index is 0.243. The average molecular weight is 285 g/mol. The lowest BCUT2D eigenvalue weighted by molar-refractivity contribution is 0.251. The highest BCUT2D eigenvalue weighted by atomic mass is 16.5. The maximum atomic E-state index is 11.9. The number of pyridine rings is 1. The van der Waals surface area contributed by atoms with Crippen LogP contribution in [0.2, 0.25) is 0 Å². The summed E-state index contributed by atoms with van der Waals surface area (Å²) >= 11 is 0. The lowest BCUT2D eigenvalue weighted by atomic mass is 10.0. The second-order valence-corrected chi connectivity index (χ2v) is 4.71. The quantitative estimate of drug-likeness (QED) is 0.887. The summed E-state index contributed by atoms with van der Waals surface area (Å²) in [5, 5.41) is 5.58. The molecule has 2 N–H and O–H groups in total. The van der Waals surface area contributed by atoms with Crippen LogP contribution in [-0.2, 0) is 0 Å². The van der Waals surface area contributed by atoms with E-state index in [-0.39, 0.29) is 11.9 Å². The van der Waals surface area contributed by atoms with Gasteiger partial charge in [0, 0.05) is 12.7 Å². The molecule has 0 radical (unpaired) electrons. The standard InChI is InChI=1S/C16H19N3O2/c1-12(13-7-4-3-5-8-13)11-18-16(20)19-14-9-6-10-17-15(14)21-2/h3-10,12H,11H2,1-2H3,(H2,18,19,20)/t12-/m0/s1. The smallest absolute Gasteiger partial charge is 0.319 e. The third kappa shape index (κ3) is 4.21. The molecule has 1 atom stereocenters. The Morgan fingerprint density at radius 1 is 1.24 bits per heavy atom. The Balaban J connectivity index is 1.88. The van der Waals surface area contributed by atoms with Crippen molar-refractivity contribution >= 4 is 11.7 Å². The molecular weight excluding hydrogens is 266 g/mol. The van der Waals surface area contributed by atoms with E-state index in [9.17, 15) is 4.79 Å². The lowest BCUT2D eigenvalue weighted by Gasteiger charge is -2.14. The van der Waals surface area contributed by atoms with Gasteiger partial charge in [0.2, 0.25) is 5.88 Å². The number of hydrogen-bond donors (Lipinski definition) is 2. The molecule has 0 unspecified atom stereocenters. The summed E-state index contributed by atoms with van der Waals surface area (Å²) < 4.78 is 5.09. The number of anilines is 1. The number of rotatable bonds is 5. The molecule has 0 aliphatic heterocycles. The molecule has 0 aliphatic rings. The normalized spacial score (nSPS) is 11.5. The molecule has 110 valence electrons. The van der Waals surface area contributed by atoms with Crippen molar-refractivity contribution in [1.82, 2.24) is 10.3 Å². The zero-order chi connectivity index (χ0) is 15.1. The van der Waals surface area contributed by atoms with Crippen LogP contribution in [0.15, 0.2) is 48.7 Å². The molecule has 0 spiro atoms. The summed E-state index contributed by atoms with van der Waals surface area (Å²) in [6, 6.07) is 13.3. The highest BCUT2D eigenvalue weighted by Crippen LogP contribution is 2.19. The van der Waals surface area contributed by atoms with Crippen LogP contribution in [0, 0.1) is 0 Å². The fourth-order valence-electron chi connectivity index (χ4n) is 1.96. The minimum atomic E-state index is -0.274. The highest BCUT2D eigenvalue weighted by molar-refractivity contribution is 5.90. The van der Waals surface area contributed by atoms with E-state index in [1.807, 2.05) is 30.3 Å². The lowest BCUT2D eigenvalue weighted by Crippen LogP contribution is -2.31. The Kier molecular flexibility index (Phi) is 5.15. The fraction of sp³-hybridized carbons (Fsp3) is 0.250. The number of ether oxygens (including phenoxy) is 1. The van der Waals surface area contributed by atoms with Gasteiger partial charge in [-0.1, -0.05) is 37.3 Å². The Labute approximate surface area is 124 Å². The number of aromatic nitrogens is 1. The molecule has 5 nitrogen and oxygen atoms in total. The van der Waals surface area contributed by atoms with Gasteiger partial charge in [-0.2, -0.15) is 0 Å². The van der Waals surface area contributed by atoms with Crippen LogP contribution < -0.4 is 15.4 Å². The van der Waals surface area contributed by atoms with Crippen molar-refractivity contribution in [1.29, 1.82) is 0 Å². The monoisotopic (exact) mass is 285 g/mol. The van der Waals surface area contributed by atoms with Crippen molar-refractivity contribution in [3.8, 4) is 5.88 Å². The number of nitrogens with zero attached hydrogens (tertiary/aromatic N) is 1. The number of methoxy groups -OCH3 is 1. The first-order valence-electron chi connectivity index (χ1n) is 6.79. The summed E-state index contributed by atoms with van der Waals surface area (Å²) in [5.41, 5.74) is 1.74. The van der Waals surface area contributed by atoms with Crippen LogP contribution in [0.5, 0.6) is 5.88 Å². The predicted molar refractivity (Wildman–Crippen MR) is 82.7 cm³/mol. The van der Waals surface area contributed by atoms with Crippen molar-refractivity contribution in [2.75, 3.05) is 19.0 Å². The molecular formula is C16H19N3O2. The molecule has 1 aromatic heterocycles. The molecule has 0 aliphatic carbocycles. The second kappa shape index (κ2) is 7.28. The SMILES string of the molecule is COc1ncccc1NC(=O)NC[C@H](C)c1ccccc1. The Morgan fingerprint density at radius 3 is 2.71 bits per heavy atom. The minimum Gasteiger partial charge on any atom is -0.480 e. The summed E-state index contributed by atoms with van der Waals surface area (Å²) in [5.74, 6) is 0.636. The van der Waals surface area contributed by atoms with Gasteiger partial charge in [0.1, 0.15) is 5.69 Å². The van der Waals surface area contributed by atoms with Crippen LogP contribution in [0.1, 0.15) is 18.4 Å². The van der Waals surface area contributed by atoms with Gasteiger partial charge in [0.25, 0.3) is 0 Å². The third-order valence-corrected chi connectivity index (χ3v) is 3.15. The number of nitrogens with one attached hydrogen (secondary N) is 2. The maximum absolute atomic E-state index is 11.9. The molecule has 5 heteroatoms. The maximum Gasteiger partial charge on any atom is 0.319 e. The topological polar surface area (TPSA) is 63.2 Å². The first kappa shape index (κ1) is 14.8. The molecule has 2 rings (SSSR count). The molecule has 0 saturated heterocycles. The Hall–Kier alpha value is -2.56. The van der Waals surface area contributed by atoms with Crippen molar-refractivity contribution in [2.45, 2.75) is 12.8 Å². The largest absolute Gasteiger partial charge is 0.480 e. The molecule has 0 bridgehead atoms. The van der Waals surface area contributed by atoms with Gasteiger partial charge < -0.3 is 15.4 Å². The fourth-order valence-corrected chi connectivity index (χ4v) is 1.96. The van der Waals surface area contributed by atoms with Crippen molar-refractivity contribution in [3.63, 3.8) is 0 Å². The van der Waals surface area contributed by atoms with Gasteiger partial charge in [-0.05, 0) is 23.6 Å². The third-order valence-electron chi connectivity index (χ3n) is 3.15. The molecule has 2 amide bonds. The molecule has 1 heterocycles. The summed E-state index contributed by atoms with van der Waals surface area (Å²) in [6.45, 7) is 2.62. The van der Waals surface area contributed by atoms with E-state index in [4.69, 9.17) is 4.74 Å². The van der Waals surface area contributed by atoms with Crippen molar-refractivity contribution in [2.24, 2.45) is 0 Å². The first-order chi connectivity index (χ1) is 10.2. The van der Waals surface area contributed by atoms with Gasteiger partial charge in [-0.15, -0.1) is 0 Å². The number of carbonyl (C=O) groups excluding carboxylic acids is 1. The number of hydrogen-bond acceptors (Lipinski definition) is 3. The van der Waals surface area contributed by atoms with E-state index >= 15 is 0 Å². The van der Waals surface area contributed by atoms with E-state index in [0.717, 1.165) is 0 Å². The molecule has 21 heavy (non-hydrogen) atoms. The number of benzene rings is 1. The van der Waals surface area contributed by atoms with Gasteiger partial charge >= 0.3 is 6.03 Å². The van der Waals surface area contributed by atoms with Crippen LogP contribution in [0.3, 0.4) is 0 Å². The summed E-state index contributed by atoms with van der Waals surface area (Å²) in [4.78, 5) is 15.9. The predicted octanol–water partition coefficient (Wildman–Crippen LogP) is 3.02. The summed E-state index contributed by atoms with van der Waals surface area (Å²) in [6.07, 6.45) is 1.61. The van der Waals surface area contributed by atoms with Crippen LogP contribution >= 0.6 is 0 Å². The van der Waals surface area contributed by atoms with Crippen LogP contribution in [-0.4, -0.2) is 24.7 Å². The summed E-state index contributed by atoms with van der Waals surface area (Å²) in [7, 11) is 1.52. The van der Waals surface area contributed by atoms with Crippen LogP contribution in [0.4, 0.5) is 10.5 Å². The molecule has 0 fully saturated rings. The molecule has 2 aromatic rings. The van der Waals surface area contributed by atoms with Crippen molar-refractivity contribution < 1.29 is 9.53 Å². The van der Waals surface area contributed by atoms with E-state index < -0.39 is 0 Å². The van der Waals surface area contributed by atoms with E-state index in [1.54, 1.807) is 18.3 Å². The molecule has 1 aromatic carbocycles. The Bertz CT molecular complexity index is 587. The van der Waals surface area contributed by atoms with Crippen molar-refractivity contribution in [3.05, 3.63) is 54.2 Å².